The zero-order valence-electron chi connectivity index (χ0n) is 9.13. The van der Waals surface area contributed by atoms with Crippen molar-refractivity contribution in [2.24, 2.45) is 0 Å². The molecule has 14 heavy (non-hydrogen) atoms. The highest BCUT2D eigenvalue weighted by atomic mass is 16.5. The van der Waals surface area contributed by atoms with E-state index in [-0.39, 0.29) is 12.1 Å². The van der Waals surface area contributed by atoms with Crippen molar-refractivity contribution in [1.82, 2.24) is 5.32 Å². The molecule has 1 atom stereocenters. The molecule has 0 heterocycles. The Morgan fingerprint density at radius 3 is 2.71 bits per heavy atom. The third kappa shape index (κ3) is 5.72. The molecule has 0 aromatic rings. The molecule has 4 heteroatoms. The fourth-order valence-electron chi connectivity index (χ4n) is 0.815. The number of hydrogen-bond donors (Lipinski definition) is 1. The van der Waals surface area contributed by atoms with Crippen molar-refractivity contribution >= 4 is 5.97 Å². The van der Waals surface area contributed by atoms with Gasteiger partial charge in [-0.2, -0.15) is 0 Å². The molecular weight excluding hydrogens is 182 g/mol. The van der Waals surface area contributed by atoms with Crippen LogP contribution in [-0.2, 0) is 14.3 Å². The Bertz CT molecular complexity index is 192. The van der Waals surface area contributed by atoms with Crippen molar-refractivity contribution in [3.8, 4) is 0 Å². The maximum atomic E-state index is 11.1. The highest BCUT2D eigenvalue weighted by Gasteiger charge is 2.07. The second kappa shape index (κ2) is 7.53. The molecule has 0 saturated heterocycles. The Labute approximate surface area is 85.3 Å². The molecule has 0 bridgehead atoms. The molecule has 0 aliphatic carbocycles. The van der Waals surface area contributed by atoms with E-state index in [0.29, 0.717) is 25.3 Å². The van der Waals surface area contributed by atoms with Crippen LogP contribution in [0.5, 0.6) is 0 Å². The molecule has 1 unspecified atom stereocenters. The first-order chi connectivity index (χ1) is 6.61. The van der Waals surface area contributed by atoms with Gasteiger partial charge in [0.05, 0.1) is 12.7 Å². The van der Waals surface area contributed by atoms with E-state index < -0.39 is 0 Å². The average molecular weight is 201 g/mol. The molecule has 0 spiro atoms. The molecule has 4 nitrogen and oxygen atoms in total. The van der Waals surface area contributed by atoms with E-state index in [4.69, 9.17) is 9.47 Å². The lowest BCUT2D eigenvalue weighted by atomic mass is 10.3. The van der Waals surface area contributed by atoms with E-state index in [9.17, 15) is 4.79 Å². The molecule has 1 N–H and O–H groups in total. The normalized spacial score (nSPS) is 12.2. The fourth-order valence-corrected chi connectivity index (χ4v) is 0.815. The number of carbonyl (C=O) groups excluding carboxylic acids is 1. The first-order valence-corrected chi connectivity index (χ1v) is 4.70. The number of carbonyl (C=O) groups is 1. The predicted octanol–water partition coefficient (Wildman–Crippen LogP) is 0.730. The summed E-state index contributed by atoms with van der Waals surface area (Å²) in [4.78, 5) is 11.1. The van der Waals surface area contributed by atoms with Crippen LogP contribution in [0.3, 0.4) is 0 Å². The van der Waals surface area contributed by atoms with Crippen LogP contribution in [0.25, 0.3) is 0 Å². The number of hydrogen-bond acceptors (Lipinski definition) is 4. The van der Waals surface area contributed by atoms with Gasteiger partial charge >= 0.3 is 5.97 Å². The van der Waals surface area contributed by atoms with Crippen LogP contribution in [0.2, 0.25) is 0 Å². The minimum Gasteiger partial charge on any atom is -0.463 e. The van der Waals surface area contributed by atoms with Crippen molar-refractivity contribution in [3.05, 3.63) is 12.2 Å². The van der Waals surface area contributed by atoms with Crippen LogP contribution in [-0.4, -0.2) is 38.9 Å². The minimum absolute atomic E-state index is 0.130. The van der Waals surface area contributed by atoms with Crippen molar-refractivity contribution in [1.29, 1.82) is 0 Å². The monoisotopic (exact) mass is 201 g/mol. The topological polar surface area (TPSA) is 47.6 Å². The van der Waals surface area contributed by atoms with Crippen LogP contribution in [0.1, 0.15) is 13.8 Å². The SMILES string of the molecule is C=C(CNCC(C)OC)C(=O)OCC. The largest absolute Gasteiger partial charge is 0.463 e. The Morgan fingerprint density at radius 1 is 1.57 bits per heavy atom. The van der Waals surface area contributed by atoms with Crippen molar-refractivity contribution in [2.45, 2.75) is 20.0 Å². The highest BCUT2D eigenvalue weighted by Crippen LogP contribution is 1.93. The Morgan fingerprint density at radius 2 is 2.21 bits per heavy atom. The van der Waals surface area contributed by atoms with Gasteiger partial charge in [0.25, 0.3) is 0 Å². The Balaban J connectivity index is 3.58. The summed E-state index contributed by atoms with van der Waals surface area (Å²) in [6.45, 7) is 8.84. The van der Waals surface area contributed by atoms with Gasteiger partial charge in [-0.05, 0) is 13.8 Å². The number of rotatable bonds is 7. The maximum absolute atomic E-state index is 11.1. The summed E-state index contributed by atoms with van der Waals surface area (Å²) < 4.78 is 9.81. The highest BCUT2D eigenvalue weighted by molar-refractivity contribution is 5.88. The van der Waals surface area contributed by atoms with Gasteiger partial charge in [-0.15, -0.1) is 0 Å². The van der Waals surface area contributed by atoms with E-state index in [0.717, 1.165) is 0 Å². The van der Waals surface area contributed by atoms with E-state index >= 15 is 0 Å². The standard InChI is InChI=1S/C10H19NO3/c1-5-14-10(12)8(2)6-11-7-9(3)13-4/h9,11H,2,5-7H2,1,3-4H3. The second-order valence-corrected chi connectivity index (χ2v) is 3.00. The van der Waals surface area contributed by atoms with Crippen molar-refractivity contribution < 1.29 is 14.3 Å². The lowest BCUT2D eigenvalue weighted by Crippen LogP contribution is -2.29. The van der Waals surface area contributed by atoms with Crippen molar-refractivity contribution in [3.63, 3.8) is 0 Å². The first-order valence-electron chi connectivity index (χ1n) is 4.70. The molecule has 0 aliphatic rings. The van der Waals surface area contributed by atoms with Gasteiger partial charge < -0.3 is 14.8 Å². The molecular formula is C10H19NO3. The van der Waals surface area contributed by atoms with E-state index in [1.807, 2.05) is 6.92 Å². The molecule has 82 valence electrons. The number of nitrogens with one attached hydrogen (secondary N) is 1. The first kappa shape index (κ1) is 13.1. The van der Waals surface area contributed by atoms with E-state index in [1.165, 1.54) is 0 Å². The molecule has 0 aliphatic heterocycles. The Kier molecular flexibility index (Phi) is 7.06. The van der Waals surface area contributed by atoms with Gasteiger partial charge in [-0.3, -0.25) is 0 Å². The zero-order chi connectivity index (χ0) is 11.0. The lowest BCUT2D eigenvalue weighted by Gasteiger charge is -2.11. The third-order valence-corrected chi connectivity index (χ3v) is 1.74. The molecule has 0 amide bonds. The average Bonchev–Trinajstić information content (AvgIpc) is 2.17. The smallest absolute Gasteiger partial charge is 0.334 e. The summed E-state index contributed by atoms with van der Waals surface area (Å²) in [5, 5.41) is 3.05. The summed E-state index contributed by atoms with van der Waals surface area (Å²) in [6.07, 6.45) is 0.130. The van der Waals surface area contributed by atoms with Crippen LogP contribution >= 0.6 is 0 Å². The number of methoxy groups -OCH3 is 1. The van der Waals surface area contributed by atoms with Crippen LogP contribution in [0.4, 0.5) is 0 Å². The van der Waals surface area contributed by atoms with E-state index in [1.54, 1.807) is 14.0 Å². The molecule has 0 saturated carbocycles. The summed E-state index contributed by atoms with van der Waals surface area (Å²) in [6, 6.07) is 0. The van der Waals surface area contributed by atoms with Crippen LogP contribution in [0, 0.1) is 0 Å². The van der Waals surface area contributed by atoms with Gasteiger partial charge in [0.15, 0.2) is 0 Å². The molecule has 0 aromatic heterocycles. The van der Waals surface area contributed by atoms with Gasteiger partial charge in [0.1, 0.15) is 0 Å². The maximum Gasteiger partial charge on any atom is 0.334 e. The van der Waals surface area contributed by atoms with Gasteiger partial charge in [0.2, 0.25) is 0 Å². The number of ether oxygens (including phenoxy) is 2. The third-order valence-electron chi connectivity index (χ3n) is 1.74. The van der Waals surface area contributed by atoms with Crippen LogP contribution in [0.15, 0.2) is 12.2 Å². The van der Waals surface area contributed by atoms with Crippen LogP contribution < -0.4 is 5.32 Å². The fraction of sp³-hybridized carbons (Fsp3) is 0.700. The van der Waals surface area contributed by atoms with Gasteiger partial charge in [-0.1, -0.05) is 6.58 Å². The Hall–Kier alpha value is -0.870. The van der Waals surface area contributed by atoms with Gasteiger partial charge in [0, 0.05) is 25.8 Å². The second-order valence-electron chi connectivity index (χ2n) is 3.00. The van der Waals surface area contributed by atoms with E-state index in [2.05, 4.69) is 11.9 Å². The summed E-state index contributed by atoms with van der Waals surface area (Å²) in [5.74, 6) is -0.343. The summed E-state index contributed by atoms with van der Waals surface area (Å²) in [5.41, 5.74) is 0.440. The molecule has 0 aromatic carbocycles. The quantitative estimate of drug-likeness (QED) is 0.487. The number of esters is 1. The van der Waals surface area contributed by atoms with Crippen molar-refractivity contribution in [2.75, 3.05) is 26.8 Å². The van der Waals surface area contributed by atoms with Gasteiger partial charge in [-0.25, -0.2) is 4.79 Å². The summed E-state index contributed by atoms with van der Waals surface area (Å²) in [7, 11) is 1.65. The molecule has 0 radical (unpaired) electrons. The molecule has 0 fully saturated rings. The zero-order valence-corrected chi connectivity index (χ0v) is 9.13. The predicted molar refractivity (Wildman–Crippen MR) is 55.1 cm³/mol. The molecule has 0 rings (SSSR count). The minimum atomic E-state index is -0.343. The summed E-state index contributed by atoms with van der Waals surface area (Å²) >= 11 is 0. The lowest BCUT2D eigenvalue weighted by molar-refractivity contribution is -0.138.